The molecule has 0 radical (unpaired) electrons. The smallest absolute Gasteiger partial charge is 1.00 e. The van der Waals surface area contributed by atoms with Crippen LogP contribution in [0.5, 0.6) is 0 Å². The predicted octanol–water partition coefficient (Wildman–Crippen LogP) is -5.55. The van der Waals surface area contributed by atoms with Crippen LogP contribution in [-0.4, -0.2) is 5.48 Å². The number of rotatable bonds is 0. The standard InChI is InChI=1S/ClH.HI.K.Na.H2O.2H/h2*1H;;;1H2;;/q;;2*+1;;2*-1. The third-order valence-electron chi connectivity index (χ3n) is 0. The maximum atomic E-state index is 0. The molecule has 2 N–H and O–H groups in total. The molecule has 5 heavy (non-hydrogen) atoms. The largest absolute Gasteiger partial charge is 1.00 e. The van der Waals surface area contributed by atoms with Crippen molar-refractivity contribution in [2.45, 2.75) is 0 Å². The summed E-state index contributed by atoms with van der Waals surface area (Å²) in [4.78, 5) is 0. The van der Waals surface area contributed by atoms with E-state index in [2.05, 4.69) is 0 Å². The zero-order chi connectivity index (χ0) is 0. The van der Waals surface area contributed by atoms with Crippen molar-refractivity contribution in [2.75, 3.05) is 0 Å². The summed E-state index contributed by atoms with van der Waals surface area (Å²) in [6.07, 6.45) is 0. The minimum absolute atomic E-state index is 0. The molecule has 0 rings (SSSR count). The summed E-state index contributed by atoms with van der Waals surface area (Å²) in [5, 5.41) is 0. The average molecular weight is 246 g/mol. The van der Waals surface area contributed by atoms with E-state index in [0.29, 0.717) is 0 Å². The van der Waals surface area contributed by atoms with Crippen LogP contribution < -0.4 is 80.9 Å². The van der Waals surface area contributed by atoms with Crippen molar-refractivity contribution in [3.05, 3.63) is 0 Å². The molecule has 0 bridgehead atoms. The van der Waals surface area contributed by atoms with Gasteiger partial charge in [0.05, 0.1) is 0 Å². The number of hydrogen-bond donors (Lipinski definition) is 0. The van der Waals surface area contributed by atoms with Crippen LogP contribution in [0.2, 0.25) is 0 Å². The van der Waals surface area contributed by atoms with E-state index in [1.807, 2.05) is 0 Å². The molecule has 0 fully saturated rings. The zero-order valence-corrected chi connectivity index (χ0v) is 11.6. The van der Waals surface area contributed by atoms with Gasteiger partial charge in [0.2, 0.25) is 0 Å². The van der Waals surface area contributed by atoms with Gasteiger partial charge in [-0.15, -0.1) is 36.4 Å². The minimum atomic E-state index is 0. The van der Waals surface area contributed by atoms with Gasteiger partial charge in [-0.25, -0.2) is 0 Å². The quantitative estimate of drug-likeness (QED) is 0.302. The molecule has 0 saturated heterocycles. The summed E-state index contributed by atoms with van der Waals surface area (Å²) in [5.74, 6) is 0. The van der Waals surface area contributed by atoms with Gasteiger partial charge in [0.15, 0.2) is 0 Å². The van der Waals surface area contributed by atoms with Gasteiger partial charge in [0, 0.05) is 0 Å². The summed E-state index contributed by atoms with van der Waals surface area (Å²) in [6, 6.07) is 0. The van der Waals surface area contributed by atoms with E-state index in [0.717, 1.165) is 0 Å². The first-order chi connectivity index (χ1) is 0. The fourth-order valence-corrected chi connectivity index (χ4v) is 0. The van der Waals surface area contributed by atoms with Gasteiger partial charge in [0.25, 0.3) is 0 Å². The van der Waals surface area contributed by atoms with Crippen molar-refractivity contribution in [1.82, 2.24) is 0 Å². The first-order valence-electron chi connectivity index (χ1n) is 0. The molecule has 0 aliphatic rings. The van der Waals surface area contributed by atoms with E-state index in [1.54, 1.807) is 0 Å². The van der Waals surface area contributed by atoms with Gasteiger partial charge >= 0.3 is 80.9 Å². The van der Waals surface area contributed by atoms with Gasteiger partial charge < -0.3 is 8.33 Å². The molecule has 28 valence electrons. The maximum Gasteiger partial charge on any atom is 1.00 e. The summed E-state index contributed by atoms with van der Waals surface area (Å²) < 4.78 is 0. The van der Waals surface area contributed by atoms with Crippen molar-refractivity contribution in [3.8, 4) is 0 Å². The fraction of sp³-hybridized carbons (Fsp3) is 0. The third-order valence-corrected chi connectivity index (χ3v) is 0. The van der Waals surface area contributed by atoms with Crippen molar-refractivity contribution in [3.63, 3.8) is 0 Å². The van der Waals surface area contributed by atoms with Crippen LogP contribution in [0.25, 0.3) is 0 Å². The Balaban J connectivity index is 0. The second-order valence-electron chi connectivity index (χ2n) is 0. The SMILES string of the molecule is Cl.I.O.[H-].[H-].[K+].[Na+]. The van der Waals surface area contributed by atoms with Gasteiger partial charge in [-0.2, -0.15) is 0 Å². The average Bonchev–Trinajstić information content (AvgIpc) is 0. The molecular formula is H6ClIKNaO. The van der Waals surface area contributed by atoms with E-state index in [-0.39, 0.29) is 126 Å². The van der Waals surface area contributed by atoms with Crippen LogP contribution in [0.4, 0.5) is 0 Å². The van der Waals surface area contributed by atoms with Crippen LogP contribution >= 0.6 is 36.4 Å². The van der Waals surface area contributed by atoms with E-state index >= 15 is 0 Å². The molecule has 0 amide bonds. The van der Waals surface area contributed by atoms with Crippen molar-refractivity contribution >= 4 is 36.4 Å². The fourth-order valence-electron chi connectivity index (χ4n) is 0. The molecule has 5 heteroatoms. The molecule has 0 aliphatic heterocycles. The van der Waals surface area contributed by atoms with Gasteiger partial charge in [-0.05, 0) is 0 Å². The van der Waals surface area contributed by atoms with Crippen LogP contribution in [-0.2, 0) is 0 Å². The summed E-state index contributed by atoms with van der Waals surface area (Å²) in [6.45, 7) is 0. The van der Waals surface area contributed by atoms with Crippen LogP contribution in [0.15, 0.2) is 0 Å². The Morgan fingerprint density at radius 3 is 1.20 bits per heavy atom. The minimum Gasteiger partial charge on any atom is -1.00 e. The van der Waals surface area contributed by atoms with Crippen molar-refractivity contribution in [1.29, 1.82) is 0 Å². The van der Waals surface area contributed by atoms with Crippen molar-refractivity contribution < 1.29 is 89.3 Å². The molecule has 0 aliphatic carbocycles. The molecule has 0 atom stereocenters. The van der Waals surface area contributed by atoms with E-state index in [4.69, 9.17) is 0 Å². The second-order valence-corrected chi connectivity index (χ2v) is 0. The van der Waals surface area contributed by atoms with Crippen molar-refractivity contribution in [2.24, 2.45) is 0 Å². The first-order valence-corrected chi connectivity index (χ1v) is 0. The van der Waals surface area contributed by atoms with E-state index in [9.17, 15) is 0 Å². The summed E-state index contributed by atoms with van der Waals surface area (Å²) >= 11 is 0. The molecule has 0 unspecified atom stereocenters. The Hall–Kier alpha value is 3.62. The Bertz CT molecular complexity index is 17.7. The monoisotopic (exact) mass is 246 g/mol. The molecule has 0 aromatic heterocycles. The molecular weight excluding hydrogens is 240 g/mol. The predicted molar refractivity (Wildman–Crippen MR) is 28.5 cm³/mol. The van der Waals surface area contributed by atoms with Gasteiger partial charge in [-0.3, -0.25) is 0 Å². The number of hydrogen-bond acceptors (Lipinski definition) is 0. The Kier molecular flexibility index (Phi) is 195. The summed E-state index contributed by atoms with van der Waals surface area (Å²) in [5.41, 5.74) is 0. The number of halogens is 2. The second kappa shape index (κ2) is 25.5. The zero-order valence-electron chi connectivity index (χ0n) is 5.32. The molecule has 0 heterocycles. The molecule has 0 spiro atoms. The summed E-state index contributed by atoms with van der Waals surface area (Å²) in [7, 11) is 0. The topological polar surface area (TPSA) is 31.5 Å². The van der Waals surface area contributed by atoms with E-state index in [1.165, 1.54) is 0 Å². The Morgan fingerprint density at radius 1 is 1.20 bits per heavy atom. The normalized spacial score (nSPS) is 0. The first kappa shape index (κ1) is 38.2. The van der Waals surface area contributed by atoms with Gasteiger partial charge in [0.1, 0.15) is 0 Å². The molecule has 0 aromatic carbocycles. The Labute approximate surface area is 122 Å². The third kappa shape index (κ3) is 18.4. The van der Waals surface area contributed by atoms with Gasteiger partial charge in [-0.1, -0.05) is 0 Å². The maximum absolute atomic E-state index is 0. The van der Waals surface area contributed by atoms with Crippen LogP contribution in [0.3, 0.4) is 0 Å². The molecule has 0 saturated carbocycles. The molecule has 0 aromatic rings. The van der Waals surface area contributed by atoms with E-state index < -0.39 is 0 Å². The molecule has 1 nitrogen and oxygen atoms in total. The Morgan fingerprint density at radius 2 is 1.20 bits per heavy atom. The van der Waals surface area contributed by atoms with Crippen LogP contribution in [0, 0.1) is 0 Å². The van der Waals surface area contributed by atoms with Crippen LogP contribution in [0.1, 0.15) is 2.85 Å².